The van der Waals surface area contributed by atoms with Crippen molar-refractivity contribution in [3.8, 4) is 11.5 Å². The molecule has 144 valence electrons. The van der Waals surface area contributed by atoms with E-state index in [0.29, 0.717) is 17.2 Å². The molecule has 0 spiro atoms. The van der Waals surface area contributed by atoms with Crippen molar-refractivity contribution in [1.29, 1.82) is 0 Å². The highest BCUT2D eigenvalue weighted by Crippen LogP contribution is 2.23. The zero-order chi connectivity index (χ0) is 20.1. The van der Waals surface area contributed by atoms with E-state index >= 15 is 0 Å². The molecule has 3 aromatic rings. The molecule has 1 heterocycles. The number of benzene rings is 2. The van der Waals surface area contributed by atoms with E-state index in [0.717, 1.165) is 16.8 Å². The Morgan fingerprint density at radius 1 is 1.18 bits per heavy atom. The second-order valence-electron chi connectivity index (χ2n) is 6.31. The van der Waals surface area contributed by atoms with E-state index in [1.54, 1.807) is 43.1 Å². The van der Waals surface area contributed by atoms with Gasteiger partial charge in [0.05, 0.1) is 12.8 Å². The van der Waals surface area contributed by atoms with Crippen molar-refractivity contribution < 1.29 is 18.7 Å². The molecule has 0 atom stereocenters. The van der Waals surface area contributed by atoms with E-state index in [1.807, 2.05) is 25.1 Å². The predicted molar refractivity (Wildman–Crippen MR) is 105 cm³/mol. The van der Waals surface area contributed by atoms with Crippen LogP contribution in [0.25, 0.3) is 6.08 Å². The fourth-order valence-electron chi connectivity index (χ4n) is 2.81. The molecule has 0 unspecified atom stereocenters. The van der Waals surface area contributed by atoms with Crippen LogP contribution < -0.4 is 9.47 Å². The van der Waals surface area contributed by atoms with Gasteiger partial charge in [-0.1, -0.05) is 12.1 Å². The number of hydrogen-bond acceptors (Lipinski definition) is 4. The van der Waals surface area contributed by atoms with Gasteiger partial charge in [0.2, 0.25) is 5.78 Å². The van der Waals surface area contributed by atoms with Crippen LogP contribution in [-0.4, -0.2) is 22.7 Å². The molecule has 3 rings (SSSR count). The minimum Gasteiger partial charge on any atom is -0.496 e. The number of methoxy groups -OCH3 is 1. The highest BCUT2D eigenvalue weighted by molar-refractivity contribution is 6.05. The maximum atomic E-state index is 13.0. The van der Waals surface area contributed by atoms with Gasteiger partial charge in [-0.2, -0.15) is 5.10 Å². The summed E-state index contributed by atoms with van der Waals surface area (Å²) >= 11 is 0. The number of ketones is 1. The Kier molecular flexibility index (Phi) is 5.89. The van der Waals surface area contributed by atoms with Crippen molar-refractivity contribution in [2.24, 2.45) is 7.05 Å². The van der Waals surface area contributed by atoms with Crippen molar-refractivity contribution in [1.82, 2.24) is 9.78 Å². The summed E-state index contributed by atoms with van der Waals surface area (Å²) in [6.45, 7) is 2.10. The van der Waals surface area contributed by atoms with Crippen LogP contribution in [0.1, 0.15) is 27.3 Å². The molecule has 2 aromatic carbocycles. The van der Waals surface area contributed by atoms with Crippen LogP contribution in [-0.2, 0) is 13.7 Å². The van der Waals surface area contributed by atoms with Crippen LogP contribution in [0.5, 0.6) is 11.5 Å². The van der Waals surface area contributed by atoms with Crippen LogP contribution in [0.4, 0.5) is 4.39 Å². The lowest BCUT2D eigenvalue weighted by atomic mass is 10.1. The summed E-state index contributed by atoms with van der Waals surface area (Å²) in [6, 6.07) is 13.2. The molecule has 0 bridgehead atoms. The largest absolute Gasteiger partial charge is 0.496 e. The van der Waals surface area contributed by atoms with Gasteiger partial charge in [-0.05, 0) is 61.0 Å². The molecule has 0 fully saturated rings. The van der Waals surface area contributed by atoms with E-state index in [4.69, 9.17) is 9.47 Å². The number of hydrogen-bond donors (Lipinski definition) is 0. The molecule has 28 heavy (non-hydrogen) atoms. The lowest BCUT2D eigenvalue weighted by molar-refractivity contribution is 0.103. The van der Waals surface area contributed by atoms with Gasteiger partial charge in [-0.25, -0.2) is 4.39 Å². The summed E-state index contributed by atoms with van der Waals surface area (Å²) < 4.78 is 25.7. The number of aryl methyl sites for hydroxylation is 2. The minimum absolute atomic E-state index is 0.122. The monoisotopic (exact) mass is 380 g/mol. The third-order valence-electron chi connectivity index (χ3n) is 4.19. The van der Waals surface area contributed by atoms with Crippen molar-refractivity contribution >= 4 is 11.9 Å². The molecule has 0 radical (unpaired) electrons. The number of nitrogens with zero attached hydrogens (tertiary/aromatic N) is 2. The van der Waals surface area contributed by atoms with Gasteiger partial charge in [-0.15, -0.1) is 0 Å². The molecule has 6 heteroatoms. The van der Waals surface area contributed by atoms with Crippen LogP contribution in [0.2, 0.25) is 0 Å². The molecular weight excluding hydrogens is 359 g/mol. The first-order chi connectivity index (χ1) is 13.5. The third-order valence-corrected chi connectivity index (χ3v) is 4.19. The van der Waals surface area contributed by atoms with Crippen molar-refractivity contribution in [3.05, 3.63) is 82.9 Å². The van der Waals surface area contributed by atoms with Crippen molar-refractivity contribution in [2.75, 3.05) is 7.11 Å². The first-order valence-electron chi connectivity index (χ1n) is 8.74. The summed E-state index contributed by atoms with van der Waals surface area (Å²) in [5, 5.41) is 4.19. The molecule has 0 aliphatic heterocycles. The van der Waals surface area contributed by atoms with Gasteiger partial charge < -0.3 is 9.47 Å². The third kappa shape index (κ3) is 4.65. The average molecular weight is 380 g/mol. The van der Waals surface area contributed by atoms with Gasteiger partial charge in [0, 0.05) is 12.6 Å². The second kappa shape index (κ2) is 8.52. The number of rotatable bonds is 7. The first kappa shape index (κ1) is 19.4. The molecule has 0 saturated carbocycles. The molecule has 0 aliphatic carbocycles. The van der Waals surface area contributed by atoms with E-state index < -0.39 is 0 Å². The minimum atomic E-state index is -0.314. The van der Waals surface area contributed by atoms with Crippen LogP contribution >= 0.6 is 0 Å². The van der Waals surface area contributed by atoms with Crippen molar-refractivity contribution in [3.63, 3.8) is 0 Å². The van der Waals surface area contributed by atoms with Gasteiger partial charge >= 0.3 is 0 Å². The fourth-order valence-corrected chi connectivity index (χ4v) is 2.81. The van der Waals surface area contributed by atoms with Crippen LogP contribution in [0.15, 0.2) is 54.6 Å². The molecule has 5 nitrogen and oxygen atoms in total. The molecule has 1 aromatic heterocycles. The maximum absolute atomic E-state index is 13.0. The smallest absolute Gasteiger partial charge is 0.203 e. The Hall–Kier alpha value is -3.41. The first-order valence-corrected chi connectivity index (χ1v) is 8.74. The van der Waals surface area contributed by atoms with Gasteiger partial charge in [0.1, 0.15) is 29.6 Å². The number of halogens is 1. The molecule has 0 saturated heterocycles. The Balaban J connectivity index is 1.75. The van der Waals surface area contributed by atoms with Gasteiger partial charge in [-0.3, -0.25) is 9.48 Å². The van der Waals surface area contributed by atoms with Gasteiger partial charge in [0.25, 0.3) is 0 Å². The Labute approximate surface area is 163 Å². The molecule has 0 aliphatic rings. The van der Waals surface area contributed by atoms with E-state index in [9.17, 15) is 9.18 Å². The molecule has 0 amide bonds. The predicted octanol–water partition coefficient (Wildman–Crippen LogP) is 4.35. The summed E-state index contributed by atoms with van der Waals surface area (Å²) in [4.78, 5) is 12.4. The number of carbonyl (C=O) groups is 1. The lowest BCUT2D eigenvalue weighted by Crippen LogP contribution is -2.04. The van der Waals surface area contributed by atoms with E-state index in [2.05, 4.69) is 5.10 Å². The zero-order valence-electron chi connectivity index (χ0n) is 16.0. The summed E-state index contributed by atoms with van der Waals surface area (Å²) in [6.07, 6.45) is 3.26. The number of aromatic nitrogens is 2. The number of allylic oxidation sites excluding steroid dienone is 1. The van der Waals surface area contributed by atoms with E-state index in [1.165, 1.54) is 18.2 Å². The second-order valence-corrected chi connectivity index (χ2v) is 6.31. The highest BCUT2D eigenvalue weighted by atomic mass is 19.1. The molecular formula is C22H21FN2O3. The summed E-state index contributed by atoms with van der Waals surface area (Å²) in [5.41, 5.74) is 2.98. The van der Waals surface area contributed by atoms with Gasteiger partial charge in [0.15, 0.2) is 0 Å². The number of carbonyl (C=O) groups excluding carboxylic acids is 1. The normalized spacial score (nSPS) is 11.0. The Bertz CT molecular complexity index is 1010. The van der Waals surface area contributed by atoms with Crippen LogP contribution in [0.3, 0.4) is 0 Å². The topological polar surface area (TPSA) is 53.3 Å². The Morgan fingerprint density at radius 2 is 1.93 bits per heavy atom. The SMILES string of the molecule is COc1ccc(/C=C/C(=O)c2cc(C)nn2C)cc1COc1ccc(F)cc1. The zero-order valence-corrected chi connectivity index (χ0v) is 16.0. The summed E-state index contributed by atoms with van der Waals surface area (Å²) in [5.74, 6) is 0.798. The summed E-state index contributed by atoms with van der Waals surface area (Å²) in [7, 11) is 3.33. The average Bonchev–Trinajstić information content (AvgIpc) is 3.04. The maximum Gasteiger partial charge on any atom is 0.203 e. The highest BCUT2D eigenvalue weighted by Gasteiger charge is 2.09. The van der Waals surface area contributed by atoms with Crippen LogP contribution in [0, 0.1) is 12.7 Å². The lowest BCUT2D eigenvalue weighted by Gasteiger charge is -2.11. The quantitative estimate of drug-likeness (QED) is 0.452. The number of ether oxygens (including phenoxy) is 2. The van der Waals surface area contributed by atoms with Crippen molar-refractivity contribution in [2.45, 2.75) is 13.5 Å². The van der Waals surface area contributed by atoms with E-state index in [-0.39, 0.29) is 18.2 Å². The standard InChI is InChI=1S/C22H21FN2O3/c1-15-12-20(25(2)24-15)21(26)10-4-16-5-11-22(27-3)17(13-16)14-28-19-8-6-18(23)7-9-19/h4-13H,14H2,1-3H3/b10-4+. The molecule has 0 N–H and O–H groups in total. The Morgan fingerprint density at radius 3 is 2.57 bits per heavy atom. The fraction of sp³-hybridized carbons (Fsp3) is 0.182.